The van der Waals surface area contributed by atoms with Crippen molar-refractivity contribution in [1.29, 1.82) is 0 Å². The summed E-state index contributed by atoms with van der Waals surface area (Å²) in [5.74, 6) is 0. The molecule has 0 saturated carbocycles. The largest absolute Gasteiger partial charge is 0.468 e. The van der Waals surface area contributed by atoms with Crippen molar-refractivity contribution in [1.82, 2.24) is 0 Å². The third-order valence-corrected chi connectivity index (χ3v) is 0.784. The third kappa shape index (κ3) is 5.43. The summed E-state index contributed by atoms with van der Waals surface area (Å²) >= 11 is 0. The van der Waals surface area contributed by atoms with E-state index >= 15 is 0 Å². The topological polar surface area (TPSA) is 52.3 Å². The highest BCUT2D eigenvalue weighted by Crippen LogP contribution is 1.83. The van der Waals surface area contributed by atoms with Gasteiger partial charge < -0.3 is 10.5 Å². The minimum atomic E-state index is 0.455. The highest BCUT2D eigenvalue weighted by Gasteiger charge is 1.82. The van der Waals surface area contributed by atoms with E-state index in [1.54, 1.807) is 0 Å². The molecule has 0 aliphatic carbocycles. The Balaban J connectivity index is 2.62. The highest BCUT2D eigenvalue weighted by molar-refractivity contribution is 5.36. The second kappa shape index (κ2) is 6.43. The van der Waals surface area contributed by atoms with E-state index in [0.29, 0.717) is 19.6 Å². The molecule has 0 spiro atoms. The SMILES string of the molecule is NCCCCOC=O. The number of carbonyl (C=O) groups is 1. The van der Waals surface area contributed by atoms with E-state index in [2.05, 4.69) is 4.74 Å². The Hall–Kier alpha value is -0.570. The second-order valence-electron chi connectivity index (χ2n) is 1.46. The number of ether oxygens (including phenoxy) is 1. The summed E-state index contributed by atoms with van der Waals surface area (Å²) in [5.41, 5.74) is 5.17. The van der Waals surface area contributed by atoms with E-state index in [1.165, 1.54) is 0 Å². The first kappa shape index (κ1) is 7.43. The molecule has 0 heterocycles. The molecule has 0 radical (unpaired) electrons. The van der Waals surface area contributed by atoms with Gasteiger partial charge in [0.25, 0.3) is 6.47 Å². The zero-order valence-electron chi connectivity index (χ0n) is 4.80. The summed E-state index contributed by atoms with van der Waals surface area (Å²) in [6.45, 7) is 1.62. The normalized spacial score (nSPS) is 8.62. The fourth-order valence-corrected chi connectivity index (χ4v) is 0.378. The maximum absolute atomic E-state index is 9.51. The number of carbonyl (C=O) groups excluding carboxylic acids is 1. The molecule has 0 amide bonds. The average Bonchev–Trinajstić information content (AvgIpc) is 1.81. The second-order valence-corrected chi connectivity index (χ2v) is 1.46. The third-order valence-electron chi connectivity index (χ3n) is 0.784. The standard InChI is InChI=1S/C5H11NO2/c6-3-1-2-4-8-5-7/h5H,1-4,6H2. The van der Waals surface area contributed by atoms with Crippen LogP contribution in [0.3, 0.4) is 0 Å². The number of nitrogens with two attached hydrogens (primary N) is 1. The lowest BCUT2D eigenvalue weighted by Gasteiger charge is -1.93. The molecular formula is C5H11NO2. The molecule has 0 aliphatic heterocycles. The smallest absolute Gasteiger partial charge is 0.293 e. The fraction of sp³-hybridized carbons (Fsp3) is 0.800. The van der Waals surface area contributed by atoms with Gasteiger partial charge in [0.1, 0.15) is 0 Å². The fourth-order valence-electron chi connectivity index (χ4n) is 0.378. The summed E-state index contributed by atoms with van der Waals surface area (Å²) in [6, 6.07) is 0. The van der Waals surface area contributed by atoms with Crippen LogP contribution in [0.2, 0.25) is 0 Å². The van der Waals surface area contributed by atoms with Gasteiger partial charge in [-0.2, -0.15) is 0 Å². The molecule has 0 aromatic rings. The van der Waals surface area contributed by atoms with Crippen molar-refractivity contribution in [3.8, 4) is 0 Å². The van der Waals surface area contributed by atoms with E-state index in [9.17, 15) is 4.79 Å². The monoisotopic (exact) mass is 117 g/mol. The van der Waals surface area contributed by atoms with E-state index in [-0.39, 0.29) is 0 Å². The van der Waals surface area contributed by atoms with Crippen molar-refractivity contribution in [3.05, 3.63) is 0 Å². The summed E-state index contributed by atoms with van der Waals surface area (Å²) in [6.07, 6.45) is 1.79. The van der Waals surface area contributed by atoms with Crippen LogP contribution in [0.1, 0.15) is 12.8 Å². The zero-order chi connectivity index (χ0) is 6.24. The number of hydrogen-bond acceptors (Lipinski definition) is 3. The van der Waals surface area contributed by atoms with Crippen LogP contribution in [0.5, 0.6) is 0 Å². The van der Waals surface area contributed by atoms with Gasteiger partial charge in [-0.1, -0.05) is 0 Å². The molecule has 0 rings (SSSR count). The lowest BCUT2D eigenvalue weighted by molar-refractivity contribution is -0.128. The maximum atomic E-state index is 9.51. The Labute approximate surface area is 48.8 Å². The first-order chi connectivity index (χ1) is 3.91. The molecule has 8 heavy (non-hydrogen) atoms. The highest BCUT2D eigenvalue weighted by atomic mass is 16.5. The predicted octanol–water partition coefficient (Wildman–Crippen LogP) is -0.102. The summed E-state index contributed by atoms with van der Waals surface area (Å²) in [7, 11) is 0. The van der Waals surface area contributed by atoms with Crippen LogP contribution in [-0.4, -0.2) is 19.6 Å². The van der Waals surface area contributed by atoms with Crippen molar-refractivity contribution in [2.45, 2.75) is 12.8 Å². The van der Waals surface area contributed by atoms with Crippen molar-refractivity contribution in [2.75, 3.05) is 13.2 Å². The summed E-state index contributed by atoms with van der Waals surface area (Å²) in [4.78, 5) is 9.51. The Morgan fingerprint density at radius 3 is 2.75 bits per heavy atom. The lowest BCUT2D eigenvalue weighted by Crippen LogP contribution is -2.00. The molecule has 3 heteroatoms. The van der Waals surface area contributed by atoms with Gasteiger partial charge >= 0.3 is 0 Å². The molecule has 0 fully saturated rings. The zero-order valence-corrected chi connectivity index (χ0v) is 4.80. The Kier molecular flexibility index (Phi) is 5.97. The van der Waals surface area contributed by atoms with Crippen LogP contribution in [0.4, 0.5) is 0 Å². The first-order valence-corrected chi connectivity index (χ1v) is 2.67. The summed E-state index contributed by atoms with van der Waals surface area (Å²) < 4.78 is 4.40. The Bertz CT molecular complexity index is 56.4. The number of hydrogen-bond donors (Lipinski definition) is 1. The molecule has 0 aromatic heterocycles. The van der Waals surface area contributed by atoms with E-state index < -0.39 is 0 Å². The van der Waals surface area contributed by atoms with Gasteiger partial charge in [0.05, 0.1) is 6.61 Å². The van der Waals surface area contributed by atoms with Gasteiger partial charge in [0.15, 0.2) is 0 Å². The van der Waals surface area contributed by atoms with Gasteiger partial charge in [-0.25, -0.2) is 0 Å². The molecule has 0 aliphatic rings. The molecule has 0 aromatic carbocycles. The van der Waals surface area contributed by atoms with Crippen LogP contribution in [-0.2, 0) is 9.53 Å². The van der Waals surface area contributed by atoms with E-state index in [0.717, 1.165) is 12.8 Å². The molecular weight excluding hydrogens is 106 g/mol. The van der Waals surface area contributed by atoms with Crippen molar-refractivity contribution in [3.63, 3.8) is 0 Å². The summed E-state index contributed by atoms with van der Waals surface area (Å²) in [5, 5.41) is 0. The number of rotatable bonds is 5. The van der Waals surface area contributed by atoms with Crippen molar-refractivity contribution in [2.24, 2.45) is 5.73 Å². The van der Waals surface area contributed by atoms with Gasteiger partial charge in [-0.15, -0.1) is 0 Å². The lowest BCUT2D eigenvalue weighted by atomic mass is 10.3. The quantitative estimate of drug-likeness (QED) is 0.404. The predicted molar refractivity (Wildman–Crippen MR) is 30.3 cm³/mol. The molecule has 0 bridgehead atoms. The van der Waals surface area contributed by atoms with Crippen LogP contribution < -0.4 is 5.73 Å². The first-order valence-electron chi connectivity index (χ1n) is 2.67. The van der Waals surface area contributed by atoms with E-state index in [4.69, 9.17) is 5.73 Å². The van der Waals surface area contributed by atoms with Crippen molar-refractivity contribution < 1.29 is 9.53 Å². The van der Waals surface area contributed by atoms with Gasteiger partial charge in [-0.3, -0.25) is 4.79 Å². The minimum absolute atomic E-state index is 0.455. The number of unbranched alkanes of at least 4 members (excludes halogenated alkanes) is 1. The molecule has 0 unspecified atom stereocenters. The minimum Gasteiger partial charge on any atom is -0.468 e. The van der Waals surface area contributed by atoms with Crippen LogP contribution in [0.25, 0.3) is 0 Å². The Morgan fingerprint density at radius 2 is 2.25 bits per heavy atom. The average molecular weight is 117 g/mol. The van der Waals surface area contributed by atoms with Crippen LogP contribution in [0, 0.1) is 0 Å². The maximum Gasteiger partial charge on any atom is 0.293 e. The molecule has 3 nitrogen and oxygen atoms in total. The van der Waals surface area contributed by atoms with Crippen LogP contribution in [0.15, 0.2) is 0 Å². The van der Waals surface area contributed by atoms with Gasteiger partial charge in [-0.05, 0) is 19.4 Å². The molecule has 48 valence electrons. The molecule has 0 saturated heterocycles. The Morgan fingerprint density at radius 1 is 1.50 bits per heavy atom. The van der Waals surface area contributed by atoms with Gasteiger partial charge in [0, 0.05) is 0 Å². The van der Waals surface area contributed by atoms with Crippen molar-refractivity contribution >= 4 is 6.47 Å². The van der Waals surface area contributed by atoms with E-state index in [1.807, 2.05) is 0 Å². The molecule has 2 N–H and O–H groups in total. The van der Waals surface area contributed by atoms with Gasteiger partial charge in [0.2, 0.25) is 0 Å². The van der Waals surface area contributed by atoms with Crippen LogP contribution >= 0.6 is 0 Å². The molecule has 0 atom stereocenters.